The fourth-order valence-corrected chi connectivity index (χ4v) is 2.42. The number of aromatic amines is 1. The predicted octanol–water partition coefficient (Wildman–Crippen LogP) is 1.71. The quantitative estimate of drug-likeness (QED) is 0.793. The lowest BCUT2D eigenvalue weighted by Gasteiger charge is -2.27. The summed E-state index contributed by atoms with van der Waals surface area (Å²) < 4.78 is 37.8. The number of aromatic nitrogens is 2. The normalized spacial score (nSPS) is 23.6. The third kappa shape index (κ3) is 3.30. The van der Waals surface area contributed by atoms with Crippen molar-refractivity contribution in [2.24, 2.45) is 5.92 Å². The summed E-state index contributed by atoms with van der Waals surface area (Å²) in [4.78, 5) is 17.1. The second-order valence-electron chi connectivity index (χ2n) is 4.95. The van der Waals surface area contributed by atoms with Crippen LogP contribution in [0.25, 0.3) is 0 Å². The SMILES string of the molecule is O=C(NC[C@@H]1CCCC[C@H]1O)c1nc[nH]c1C(F)(F)F. The second kappa shape index (κ2) is 5.82. The van der Waals surface area contributed by atoms with Gasteiger partial charge in [0, 0.05) is 12.5 Å². The Morgan fingerprint density at radius 1 is 1.45 bits per heavy atom. The Labute approximate surface area is 113 Å². The van der Waals surface area contributed by atoms with Crippen molar-refractivity contribution >= 4 is 5.91 Å². The van der Waals surface area contributed by atoms with E-state index in [0.717, 1.165) is 25.6 Å². The number of imidazole rings is 1. The number of alkyl halides is 3. The summed E-state index contributed by atoms with van der Waals surface area (Å²) in [6, 6.07) is 0. The molecule has 1 amide bonds. The fourth-order valence-electron chi connectivity index (χ4n) is 2.42. The number of hydrogen-bond donors (Lipinski definition) is 3. The van der Waals surface area contributed by atoms with Gasteiger partial charge >= 0.3 is 6.18 Å². The molecule has 1 aliphatic carbocycles. The van der Waals surface area contributed by atoms with E-state index in [9.17, 15) is 23.1 Å². The van der Waals surface area contributed by atoms with E-state index in [1.807, 2.05) is 4.98 Å². The Balaban J connectivity index is 1.97. The molecule has 1 aromatic heterocycles. The topological polar surface area (TPSA) is 78.0 Å². The maximum atomic E-state index is 12.6. The van der Waals surface area contributed by atoms with Crippen LogP contribution in [0.2, 0.25) is 0 Å². The number of hydrogen-bond acceptors (Lipinski definition) is 3. The Bertz CT molecular complexity index is 473. The molecule has 2 atom stereocenters. The molecule has 0 radical (unpaired) electrons. The number of amides is 1. The zero-order valence-electron chi connectivity index (χ0n) is 10.7. The van der Waals surface area contributed by atoms with Gasteiger partial charge in [0.15, 0.2) is 11.4 Å². The summed E-state index contributed by atoms with van der Waals surface area (Å²) in [7, 11) is 0. The van der Waals surface area contributed by atoms with E-state index >= 15 is 0 Å². The highest BCUT2D eigenvalue weighted by Crippen LogP contribution is 2.29. The monoisotopic (exact) mass is 291 g/mol. The number of nitrogens with zero attached hydrogens (tertiary/aromatic N) is 1. The van der Waals surface area contributed by atoms with Gasteiger partial charge in [-0.2, -0.15) is 13.2 Å². The highest BCUT2D eigenvalue weighted by atomic mass is 19.4. The van der Waals surface area contributed by atoms with Crippen molar-refractivity contribution in [1.29, 1.82) is 0 Å². The third-order valence-electron chi connectivity index (χ3n) is 3.53. The average molecular weight is 291 g/mol. The van der Waals surface area contributed by atoms with Crippen LogP contribution < -0.4 is 5.32 Å². The zero-order chi connectivity index (χ0) is 14.8. The molecule has 5 nitrogen and oxygen atoms in total. The minimum atomic E-state index is -4.65. The first-order chi connectivity index (χ1) is 9.39. The number of carbonyl (C=O) groups is 1. The number of aliphatic hydroxyl groups excluding tert-OH is 1. The lowest BCUT2D eigenvalue weighted by molar-refractivity contribution is -0.141. The van der Waals surface area contributed by atoms with Crippen molar-refractivity contribution in [3.63, 3.8) is 0 Å². The van der Waals surface area contributed by atoms with Gasteiger partial charge in [0.05, 0.1) is 12.4 Å². The minimum Gasteiger partial charge on any atom is -0.393 e. The molecule has 1 saturated carbocycles. The average Bonchev–Trinajstić information content (AvgIpc) is 2.86. The van der Waals surface area contributed by atoms with Gasteiger partial charge in [-0.05, 0) is 12.8 Å². The van der Waals surface area contributed by atoms with Crippen LogP contribution in [0.1, 0.15) is 41.9 Å². The van der Waals surface area contributed by atoms with Crippen molar-refractivity contribution in [3.8, 4) is 0 Å². The van der Waals surface area contributed by atoms with Crippen molar-refractivity contribution in [1.82, 2.24) is 15.3 Å². The number of nitrogens with one attached hydrogen (secondary N) is 2. The summed E-state index contributed by atoms with van der Waals surface area (Å²) in [6.45, 7) is 0.157. The first-order valence-corrected chi connectivity index (χ1v) is 6.46. The van der Waals surface area contributed by atoms with E-state index in [1.165, 1.54) is 0 Å². The maximum Gasteiger partial charge on any atom is 0.433 e. The first kappa shape index (κ1) is 14.8. The molecule has 1 heterocycles. The van der Waals surface area contributed by atoms with Crippen LogP contribution in [-0.4, -0.2) is 33.6 Å². The van der Waals surface area contributed by atoms with Gasteiger partial charge in [-0.25, -0.2) is 4.98 Å². The van der Waals surface area contributed by atoms with Crippen molar-refractivity contribution in [2.75, 3.05) is 6.54 Å². The van der Waals surface area contributed by atoms with Gasteiger partial charge in [-0.15, -0.1) is 0 Å². The molecule has 0 aliphatic heterocycles. The first-order valence-electron chi connectivity index (χ1n) is 6.46. The maximum absolute atomic E-state index is 12.6. The van der Waals surface area contributed by atoms with E-state index in [4.69, 9.17) is 0 Å². The number of halogens is 3. The second-order valence-corrected chi connectivity index (χ2v) is 4.95. The molecular weight excluding hydrogens is 275 g/mol. The van der Waals surface area contributed by atoms with Gasteiger partial charge in [-0.1, -0.05) is 12.8 Å². The van der Waals surface area contributed by atoms with Crippen LogP contribution in [0.15, 0.2) is 6.33 Å². The molecular formula is C12H16F3N3O2. The summed E-state index contributed by atoms with van der Waals surface area (Å²) in [5.74, 6) is -0.989. The van der Waals surface area contributed by atoms with Crippen LogP contribution in [0, 0.1) is 5.92 Å². The summed E-state index contributed by atoms with van der Waals surface area (Å²) >= 11 is 0. The molecule has 112 valence electrons. The molecule has 20 heavy (non-hydrogen) atoms. The number of aliphatic hydroxyl groups is 1. The fraction of sp³-hybridized carbons (Fsp3) is 0.667. The largest absolute Gasteiger partial charge is 0.433 e. The van der Waals surface area contributed by atoms with Crippen LogP contribution in [0.3, 0.4) is 0 Å². The molecule has 1 fully saturated rings. The van der Waals surface area contributed by atoms with Crippen LogP contribution in [0.4, 0.5) is 13.2 Å². The predicted molar refractivity (Wildman–Crippen MR) is 63.9 cm³/mol. The molecule has 3 N–H and O–H groups in total. The van der Waals surface area contributed by atoms with Gasteiger partial charge in [0.25, 0.3) is 5.91 Å². The van der Waals surface area contributed by atoms with Gasteiger partial charge in [0.1, 0.15) is 0 Å². The number of rotatable bonds is 3. The van der Waals surface area contributed by atoms with Crippen molar-refractivity contribution < 1.29 is 23.1 Å². The Morgan fingerprint density at radius 3 is 2.80 bits per heavy atom. The lowest BCUT2D eigenvalue weighted by Crippen LogP contribution is -2.37. The van der Waals surface area contributed by atoms with Gasteiger partial charge < -0.3 is 15.4 Å². The third-order valence-corrected chi connectivity index (χ3v) is 3.53. The Kier molecular flexibility index (Phi) is 4.32. The van der Waals surface area contributed by atoms with Crippen LogP contribution >= 0.6 is 0 Å². The summed E-state index contributed by atoms with van der Waals surface area (Å²) in [6.07, 6.45) is -1.01. The zero-order valence-corrected chi connectivity index (χ0v) is 10.7. The standard InChI is InChI=1S/C12H16F3N3O2/c13-12(14,15)10-9(17-6-18-10)11(20)16-5-7-3-1-2-4-8(7)19/h6-8,19H,1-5H2,(H,16,20)(H,17,18)/t7-,8+/m0/s1. The number of H-pyrrole nitrogens is 1. The van der Waals surface area contributed by atoms with E-state index in [0.29, 0.717) is 6.42 Å². The molecule has 0 saturated heterocycles. The lowest BCUT2D eigenvalue weighted by atomic mass is 9.86. The molecule has 0 spiro atoms. The molecule has 0 aromatic carbocycles. The Morgan fingerprint density at radius 2 is 2.15 bits per heavy atom. The van der Waals surface area contributed by atoms with Crippen LogP contribution in [-0.2, 0) is 6.18 Å². The van der Waals surface area contributed by atoms with Gasteiger partial charge in [0.2, 0.25) is 0 Å². The molecule has 2 rings (SSSR count). The highest BCUT2D eigenvalue weighted by Gasteiger charge is 2.38. The summed E-state index contributed by atoms with van der Waals surface area (Å²) in [5.41, 5.74) is -1.82. The highest BCUT2D eigenvalue weighted by molar-refractivity contribution is 5.93. The van der Waals surface area contributed by atoms with Gasteiger partial charge in [-0.3, -0.25) is 4.79 Å². The Hall–Kier alpha value is -1.57. The summed E-state index contributed by atoms with van der Waals surface area (Å²) in [5, 5.41) is 12.2. The molecule has 1 aromatic rings. The van der Waals surface area contributed by atoms with Crippen molar-refractivity contribution in [3.05, 3.63) is 17.7 Å². The molecule has 1 aliphatic rings. The molecule has 0 unspecified atom stereocenters. The van der Waals surface area contributed by atoms with E-state index in [1.54, 1.807) is 0 Å². The minimum absolute atomic E-state index is 0.110. The number of carbonyl (C=O) groups excluding carboxylic acids is 1. The van der Waals surface area contributed by atoms with E-state index in [-0.39, 0.29) is 12.5 Å². The molecule has 8 heteroatoms. The van der Waals surface area contributed by atoms with E-state index < -0.39 is 29.6 Å². The van der Waals surface area contributed by atoms with Crippen molar-refractivity contribution in [2.45, 2.75) is 38.0 Å². The van der Waals surface area contributed by atoms with Crippen LogP contribution in [0.5, 0.6) is 0 Å². The molecule has 0 bridgehead atoms. The smallest absolute Gasteiger partial charge is 0.393 e. The van der Waals surface area contributed by atoms with E-state index in [2.05, 4.69) is 10.3 Å².